The van der Waals surface area contributed by atoms with Crippen molar-refractivity contribution in [1.82, 2.24) is 5.32 Å². The molecule has 19 heavy (non-hydrogen) atoms. The van der Waals surface area contributed by atoms with Crippen LogP contribution in [0.5, 0.6) is 11.5 Å². The standard InChI is InChI=1S/C15H17NO2S/c1-11(8-13-5-3-7-19-13)16-9-12-4-2-6-14-15(12)18-10-17-14/h2-7,11,16H,8-10H2,1H3. The van der Waals surface area contributed by atoms with Gasteiger partial charge in [-0.15, -0.1) is 11.3 Å². The Balaban J connectivity index is 1.59. The first-order valence-corrected chi connectivity index (χ1v) is 7.34. The Morgan fingerprint density at radius 2 is 2.21 bits per heavy atom. The van der Waals surface area contributed by atoms with Gasteiger partial charge in [-0.2, -0.15) is 0 Å². The number of benzene rings is 1. The molecule has 0 bridgehead atoms. The zero-order valence-corrected chi connectivity index (χ0v) is 11.7. The van der Waals surface area contributed by atoms with E-state index in [1.807, 2.05) is 23.5 Å². The highest BCUT2D eigenvalue weighted by Gasteiger charge is 2.17. The van der Waals surface area contributed by atoms with Crippen LogP contribution in [-0.4, -0.2) is 12.8 Å². The molecule has 0 spiro atoms. The number of thiophene rings is 1. The van der Waals surface area contributed by atoms with Crippen LogP contribution >= 0.6 is 11.3 Å². The second-order valence-electron chi connectivity index (χ2n) is 4.72. The summed E-state index contributed by atoms with van der Waals surface area (Å²) in [6.45, 7) is 3.34. The quantitative estimate of drug-likeness (QED) is 0.909. The third-order valence-electron chi connectivity index (χ3n) is 3.21. The number of fused-ring (bicyclic) bond motifs is 1. The summed E-state index contributed by atoms with van der Waals surface area (Å²) in [6, 6.07) is 10.8. The van der Waals surface area contributed by atoms with E-state index < -0.39 is 0 Å². The number of nitrogens with one attached hydrogen (secondary N) is 1. The average Bonchev–Trinajstić information content (AvgIpc) is 3.06. The smallest absolute Gasteiger partial charge is 0.231 e. The lowest BCUT2D eigenvalue weighted by molar-refractivity contribution is 0.173. The van der Waals surface area contributed by atoms with Gasteiger partial charge in [-0.05, 0) is 30.9 Å². The van der Waals surface area contributed by atoms with Crippen LogP contribution in [0.4, 0.5) is 0 Å². The Bertz CT molecular complexity index is 539. The maximum absolute atomic E-state index is 5.51. The first-order chi connectivity index (χ1) is 9.33. The highest BCUT2D eigenvalue weighted by molar-refractivity contribution is 7.09. The van der Waals surface area contributed by atoms with Gasteiger partial charge in [-0.1, -0.05) is 18.2 Å². The topological polar surface area (TPSA) is 30.5 Å². The number of ether oxygens (including phenoxy) is 2. The molecule has 1 atom stereocenters. The predicted molar refractivity (Wildman–Crippen MR) is 76.9 cm³/mol. The van der Waals surface area contributed by atoms with Gasteiger partial charge in [0, 0.05) is 23.0 Å². The second kappa shape index (κ2) is 5.63. The summed E-state index contributed by atoms with van der Waals surface area (Å²) in [6.07, 6.45) is 1.06. The first-order valence-electron chi connectivity index (χ1n) is 6.46. The van der Waals surface area contributed by atoms with Crippen molar-refractivity contribution in [2.75, 3.05) is 6.79 Å². The van der Waals surface area contributed by atoms with E-state index in [-0.39, 0.29) is 0 Å². The number of hydrogen-bond acceptors (Lipinski definition) is 4. The number of para-hydroxylation sites is 1. The Kier molecular flexibility index (Phi) is 3.71. The van der Waals surface area contributed by atoms with Gasteiger partial charge in [0.05, 0.1) is 0 Å². The fourth-order valence-electron chi connectivity index (χ4n) is 2.22. The van der Waals surface area contributed by atoms with Crippen molar-refractivity contribution in [3.63, 3.8) is 0 Å². The molecule has 0 saturated heterocycles. The van der Waals surface area contributed by atoms with Gasteiger partial charge in [0.25, 0.3) is 0 Å². The highest BCUT2D eigenvalue weighted by Crippen LogP contribution is 2.35. The molecule has 1 aromatic heterocycles. The van der Waals surface area contributed by atoms with E-state index in [9.17, 15) is 0 Å². The largest absolute Gasteiger partial charge is 0.454 e. The lowest BCUT2D eigenvalue weighted by atomic mass is 10.1. The van der Waals surface area contributed by atoms with Crippen molar-refractivity contribution in [3.05, 3.63) is 46.2 Å². The summed E-state index contributed by atoms with van der Waals surface area (Å²) in [5.41, 5.74) is 1.16. The molecule has 0 saturated carbocycles. The van der Waals surface area contributed by atoms with Gasteiger partial charge >= 0.3 is 0 Å². The molecule has 2 heterocycles. The zero-order valence-electron chi connectivity index (χ0n) is 10.9. The van der Waals surface area contributed by atoms with E-state index in [1.165, 1.54) is 4.88 Å². The van der Waals surface area contributed by atoms with Crippen LogP contribution in [0, 0.1) is 0 Å². The molecule has 1 N–H and O–H groups in total. The predicted octanol–water partition coefficient (Wildman–Crippen LogP) is 3.20. The fraction of sp³-hybridized carbons (Fsp3) is 0.333. The van der Waals surface area contributed by atoms with Gasteiger partial charge in [0.15, 0.2) is 11.5 Å². The lowest BCUT2D eigenvalue weighted by Crippen LogP contribution is -2.27. The fourth-order valence-corrected chi connectivity index (χ4v) is 3.05. The van der Waals surface area contributed by atoms with E-state index in [1.54, 1.807) is 0 Å². The second-order valence-corrected chi connectivity index (χ2v) is 5.75. The molecule has 0 amide bonds. The Morgan fingerprint density at radius 3 is 3.05 bits per heavy atom. The van der Waals surface area contributed by atoms with Gasteiger partial charge in [-0.3, -0.25) is 0 Å². The van der Waals surface area contributed by atoms with Crippen LogP contribution in [0.15, 0.2) is 35.7 Å². The van der Waals surface area contributed by atoms with Crippen molar-refractivity contribution < 1.29 is 9.47 Å². The lowest BCUT2D eigenvalue weighted by Gasteiger charge is -2.13. The average molecular weight is 275 g/mol. The molecular formula is C15H17NO2S. The monoisotopic (exact) mass is 275 g/mol. The maximum Gasteiger partial charge on any atom is 0.231 e. The van der Waals surface area contributed by atoms with Crippen LogP contribution in [0.3, 0.4) is 0 Å². The van der Waals surface area contributed by atoms with Gasteiger partial charge < -0.3 is 14.8 Å². The van der Waals surface area contributed by atoms with Crippen LogP contribution < -0.4 is 14.8 Å². The van der Waals surface area contributed by atoms with Crippen molar-refractivity contribution in [3.8, 4) is 11.5 Å². The molecule has 0 radical (unpaired) electrons. The summed E-state index contributed by atoms with van der Waals surface area (Å²) in [5.74, 6) is 1.74. The van der Waals surface area contributed by atoms with Crippen LogP contribution in [-0.2, 0) is 13.0 Å². The molecule has 1 aliphatic rings. The third-order valence-corrected chi connectivity index (χ3v) is 4.11. The van der Waals surface area contributed by atoms with Gasteiger partial charge in [-0.25, -0.2) is 0 Å². The Morgan fingerprint density at radius 1 is 1.26 bits per heavy atom. The van der Waals surface area contributed by atoms with E-state index in [0.717, 1.165) is 30.0 Å². The van der Waals surface area contributed by atoms with Crippen molar-refractivity contribution in [1.29, 1.82) is 0 Å². The van der Waals surface area contributed by atoms with Crippen LogP contribution in [0.1, 0.15) is 17.4 Å². The minimum absolute atomic E-state index is 0.330. The molecule has 1 aromatic carbocycles. The normalized spacial score (nSPS) is 14.6. The van der Waals surface area contributed by atoms with Crippen LogP contribution in [0.25, 0.3) is 0 Å². The van der Waals surface area contributed by atoms with E-state index in [0.29, 0.717) is 12.8 Å². The van der Waals surface area contributed by atoms with E-state index in [2.05, 4.69) is 35.8 Å². The molecule has 1 aliphatic heterocycles. The minimum Gasteiger partial charge on any atom is -0.454 e. The summed E-state index contributed by atoms with van der Waals surface area (Å²) < 4.78 is 10.9. The third kappa shape index (κ3) is 2.91. The van der Waals surface area contributed by atoms with Crippen LogP contribution in [0.2, 0.25) is 0 Å². The molecule has 0 fully saturated rings. The van der Waals surface area contributed by atoms with Crippen molar-refractivity contribution in [2.45, 2.75) is 25.9 Å². The molecule has 1 unspecified atom stereocenters. The summed E-state index contributed by atoms with van der Waals surface area (Å²) in [7, 11) is 0. The van der Waals surface area contributed by atoms with Gasteiger partial charge in [0.2, 0.25) is 6.79 Å². The Hall–Kier alpha value is -1.52. The molecule has 3 nitrogen and oxygen atoms in total. The molecule has 3 rings (SSSR count). The zero-order chi connectivity index (χ0) is 13.1. The number of hydrogen-bond donors (Lipinski definition) is 1. The molecular weight excluding hydrogens is 258 g/mol. The molecule has 4 heteroatoms. The Labute approximate surface area is 117 Å². The number of rotatable bonds is 5. The highest BCUT2D eigenvalue weighted by atomic mass is 32.1. The summed E-state index contributed by atoms with van der Waals surface area (Å²) >= 11 is 1.81. The summed E-state index contributed by atoms with van der Waals surface area (Å²) in [4.78, 5) is 1.41. The van der Waals surface area contributed by atoms with Crippen molar-refractivity contribution in [2.24, 2.45) is 0 Å². The minimum atomic E-state index is 0.330. The summed E-state index contributed by atoms with van der Waals surface area (Å²) in [5, 5.41) is 5.66. The maximum atomic E-state index is 5.51. The SMILES string of the molecule is CC(Cc1cccs1)NCc1cccc2c1OCO2. The van der Waals surface area contributed by atoms with Gasteiger partial charge in [0.1, 0.15) is 0 Å². The van der Waals surface area contributed by atoms with E-state index >= 15 is 0 Å². The first kappa shape index (κ1) is 12.5. The molecule has 2 aromatic rings. The van der Waals surface area contributed by atoms with E-state index in [4.69, 9.17) is 9.47 Å². The molecule has 100 valence electrons. The van der Waals surface area contributed by atoms with Crippen molar-refractivity contribution >= 4 is 11.3 Å². The molecule has 0 aliphatic carbocycles.